The fourth-order valence-corrected chi connectivity index (χ4v) is 3.30. The molecule has 0 fully saturated rings. The van der Waals surface area contributed by atoms with Crippen LogP contribution in [0, 0.1) is 0 Å². The smallest absolute Gasteiger partial charge is 0.150 e. The van der Waals surface area contributed by atoms with Gasteiger partial charge in [-0.25, -0.2) is 4.98 Å². The number of aromatic nitrogens is 4. The van der Waals surface area contributed by atoms with Crippen LogP contribution in [0.1, 0.15) is 5.69 Å². The molecule has 5 nitrogen and oxygen atoms in total. The normalized spacial score (nSPS) is 11.1. The SMILES string of the molecule is CSc1nc2ccc(NCc3cn(C)nn3)cc2s1. The number of benzene rings is 1. The van der Waals surface area contributed by atoms with E-state index < -0.39 is 0 Å². The van der Waals surface area contributed by atoms with Gasteiger partial charge in [0.25, 0.3) is 0 Å². The Balaban J connectivity index is 1.77. The van der Waals surface area contributed by atoms with Gasteiger partial charge in [0.2, 0.25) is 0 Å². The Hall–Kier alpha value is -1.60. The molecule has 2 heterocycles. The van der Waals surface area contributed by atoms with Crippen molar-refractivity contribution in [2.45, 2.75) is 10.9 Å². The molecule has 3 aromatic rings. The van der Waals surface area contributed by atoms with Crippen molar-refractivity contribution in [1.82, 2.24) is 20.0 Å². The summed E-state index contributed by atoms with van der Waals surface area (Å²) in [5.74, 6) is 0. The van der Waals surface area contributed by atoms with E-state index in [0.29, 0.717) is 6.54 Å². The van der Waals surface area contributed by atoms with E-state index in [1.54, 1.807) is 27.8 Å². The first-order valence-electron chi connectivity index (χ1n) is 5.78. The van der Waals surface area contributed by atoms with Gasteiger partial charge in [-0.3, -0.25) is 4.68 Å². The van der Waals surface area contributed by atoms with Crippen molar-refractivity contribution in [2.75, 3.05) is 11.6 Å². The first-order valence-corrected chi connectivity index (χ1v) is 7.82. The number of fused-ring (bicyclic) bond motifs is 1. The molecule has 0 amide bonds. The summed E-state index contributed by atoms with van der Waals surface area (Å²) in [6.45, 7) is 0.674. The second-order valence-corrected chi connectivity index (χ2v) is 6.19. The average molecular weight is 291 g/mol. The van der Waals surface area contributed by atoms with Crippen molar-refractivity contribution in [3.05, 3.63) is 30.1 Å². The van der Waals surface area contributed by atoms with Crippen molar-refractivity contribution in [3.8, 4) is 0 Å². The zero-order valence-electron chi connectivity index (χ0n) is 10.6. The van der Waals surface area contributed by atoms with Gasteiger partial charge in [-0.1, -0.05) is 17.0 Å². The van der Waals surface area contributed by atoms with Crippen LogP contribution in [0.25, 0.3) is 10.2 Å². The third-order valence-corrected chi connectivity index (χ3v) is 4.67. The van der Waals surface area contributed by atoms with Gasteiger partial charge in [-0.05, 0) is 24.5 Å². The molecule has 1 N–H and O–H groups in total. The second-order valence-electron chi connectivity index (χ2n) is 4.10. The van der Waals surface area contributed by atoms with Crippen LogP contribution in [-0.4, -0.2) is 26.2 Å². The maximum absolute atomic E-state index is 4.52. The molecule has 2 aromatic heterocycles. The summed E-state index contributed by atoms with van der Waals surface area (Å²) in [7, 11) is 1.86. The number of hydrogen-bond donors (Lipinski definition) is 1. The highest BCUT2D eigenvalue weighted by Gasteiger charge is 2.04. The summed E-state index contributed by atoms with van der Waals surface area (Å²) in [5, 5.41) is 11.3. The molecule has 3 rings (SSSR count). The van der Waals surface area contributed by atoms with E-state index in [2.05, 4.69) is 26.7 Å². The highest BCUT2D eigenvalue weighted by molar-refractivity contribution is 8.00. The van der Waals surface area contributed by atoms with Crippen LogP contribution in [0.5, 0.6) is 0 Å². The maximum atomic E-state index is 4.52. The molecule has 7 heteroatoms. The Bertz CT molecular complexity index is 703. The highest BCUT2D eigenvalue weighted by Crippen LogP contribution is 2.29. The van der Waals surface area contributed by atoms with E-state index in [4.69, 9.17) is 0 Å². The zero-order valence-corrected chi connectivity index (χ0v) is 12.3. The van der Waals surface area contributed by atoms with Crippen LogP contribution >= 0.6 is 23.1 Å². The molecular weight excluding hydrogens is 278 g/mol. The van der Waals surface area contributed by atoms with Gasteiger partial charge in [0.05, 0.1) is 16.8 Å². The molecule has 0 radical (unpaired) electrons. The van der Waals surface area contributed by atoms with Gasteiger partial charge in [-0.2, -0.15) is 0 Å². The number of rotatable bonds is 4. The molecule has 0 unspecified atom stereocenters. The summed E-state index contributed by atoms with van der Waals surface area (Å²) in [5.41, 5.74) is 3.06. The molecule has 0 saturated heterocycles. The largest absolute Gasteiger partial charge is 0.379 e. The summed E-state index contributed by atoms with van der Waals surface area (Å²) in [6.07, 6.45) is 3.95. The molecule has 0 aliphatic carbocycles. The van der Waals surface area contributed by atoms with Crippen molar-refractivity contribution >= 4 is 39.0 Å². The van der Waals surface area contributed by atoms with Gasteiger partial charge >= 0.3 is 0 Å². The molecule has 0 bridgehead atoms. The van der Waals surface area contributed by atoms with Gasteiger partial charge in [0, 0.05) is 18.9 Å². The Morgan fingerprint density at radius 2 is 2.32 bits per heavy atom. The molecular formula is C12H13N5S2. The highest BCUT2D eigenvalue weighted by atomic mass is 32.2. The fraction of sp³-hybridized carbons (Fsp3) is 0.250. The fourth-order valence-electron chi connectivity index (χ4n) is 1.77. The van der Waals surface area contributed by atoms with Crippen molar-refractivity contribution in [1.29, 1.82) is 0 Å². The number of hydrogen-bond acceptors (Lipinski definition) is 6. The Morgan fingerprint density at radius 1 is 1.42 bits per heavy atom. The van der Waals surface area contributed by atoms with E-state index in [1.165, 1.54) is 4.70 Å². The third-order valence-electron chi connectivity index (χ3n) is 2.67. The third kappa shape index (κ3) is 2.71. The number of nitrogens with zero attached hydrogens (tertiary/aromatic N) is 4. The van der Waals surface area contributed by atoms with Crippen molar-refractivity contribution < 1.29 is 0 Å². The average Bonchev–Trinajstić information content (AvgIpc) is 3.01. The molecule has 0 atom stereocenters. The quantitative estimate of drug-likeness (QED) is 0.749. The number of thioether (sulfide) groups is 1. The van der Waals surface area contributed by atoms with Gasteiger partial charge < -0.3 is 5.32 Å². The predicted octanol–water partition coefficient (Wildman–Crippen LogP) is 2.76. The molecule has 0 spiro atoms. The molecule has 1 aromatic carbocycles. The topological polar surface area (TPSA) is 55.6 Å². The minimum atomic E-state index is 0.674. The lowest BCUT2D eigenvalue weighted by Crippen LogP contribution is -1.99. The lowest BCUT2D eigenvalue weighted by molar-refractivity contribution is 0.713. The molecule has 0 aliphatic rings. The monoisotopic (exact) mass is 291 g/mol. The van der Waals surface area contributed by atoms with Crippen LogP contribution in [-0.2, 0) is 13.6 Å². The van der Waals surface area contributed by atoms with Crippen molar-refractivity contribution in [3.63, 3.8) is 0 Å². The van der Waals surface area contributed by atoms with Crippen LogP contribution in [0.15, 0.2) is 28.7 Å². The standard InChI is InChI=1S/C12H13N5S2/c1-17-7-9(15-16-17)6-13-8-3-4-10-11(5-8)19-12(14-10)18-2/h3-5,7,13H,6H2,1-2H3. The lowest BCUT2D eigenvalue weighted by Gasteiger charge is -2.03. The Morgan fingerprint density at radius 3 is 3.05 bits per heavy atom. The van der Waals surface area contributed by atoms with Crippen LogP contribution < -0.4 is 5.32 Å². The molecule has 0 saturated carbocycles. The maximum Gasteiger partial charge on any atom is 0.150 e. The van der Waals surface area contributed by atoms with Gasteiger partial charge in [-0.15, -0.1) is 16.4 Å². The van der Waals surface area contributed by atoms with E-state index in [1.807, 2.05) is 31.6 Å². The first kappa shape index (κ1) is 12.4. The minimum absolute atomic E-state index is 0.674. The number of thiazole rings is 1. The minimum Gasteiger partial charge on any atom is -0.379 e. The van der Waals surface area contributed by atoms with E-state index in [0.717, 1.165) is 21.2 Å². The zero-order chi connectivity index (χ0) is 13.2. The van der Waals surface area contributed by atoms with Crippen LogP contribution in [0.2, 0.25) is 0 Å². The Labute approximate surface area is 119 Å². The summed E-state index contributed by atoms with van der Waals surface area (Å²) < 4.78 is 4.00. The van der Waals surface area contributed by atoms with Crippen LogP contribution in [0.3, 0.4) is 0 Å². The van der Waals surface area contributed by atoms with E-state index in [9.17, 15) is 0 Å². The molecule has 98 valence electrons. The van der Waals surface area contributed by atoms with Crippen LogP contribution in [0.4, 0.5) is 5.69 Å². The number of aryl methyl sites for hydroxylation is 1. The summed E-state index contributed by atoms with van der Waals surface area (Å²) in [4.78, 5) is 4.52. The number of anilines is 1. The molecule has 0 aliphatic heterocycles. The summed E-state index contributed by atoms with van der Waals surface area (Å²) >= 11 is 3.40. The van der Waals surface area contributed by atoms with Crippen molar-refractivity contribution in [2.24, 2.45) is 7.05 Å². The van der Waals surface area contributed by atoms with E-state index >= 15 is 0 Å². The predicted molar refractivity (Wildman–Crippen MR) is 79.7 cm³/mol. The van der Waals surface area contributed by atoms with Gasteiger partial charge in [0.15, 0.2) is 4.34 Å². The number of nitrogens with one attached hydrogen (secondary N) is 1. The van der Waals surface area contributed by atoms with E-state index in [-0.39, 0.29) is 0 Å². The first-order chi connectivity index (χ1) is 9.24. The second kappa shape index (κ2) is 5.18. The molecule has 19 heavy (non-hydrogen) atoms. The lowest BCUT2D eigenvalue weighted by atomic mass is 10.3. The van der Waals surface area contributed by atoms with Gasteiger partial charge in [0.1, 0.15) is 5.69 Å². The Kier molecular flexibility index (Phi) is 3.39. The summed E-state index contributed by atoms with van der Waals surface area (Å²) in [6, 6.07) is 6.22.